The van der Waals surface area contributed by atoms with Crippen molar-refractivity contribution < 1.29 is 14.3 Å². The number of phenolic OH excluding ortho intramolecular Hbond substituents is 1. The molecule has 0 aliphatic heterocycles. The molecule has 2 rings (SSSR count). The maximum atomic E-state index is 12.9. The molecule has 0 unspecified atom stereocenters. The molecule has 26 heavy (non-hydrogen) atoms. The lowest BCUT2D eigenvalue weighted by Crippen LogP contribution is -2.41. The van der Waals surface area contributed by atoms with Crippen molar-refractivity contribution >= 4 is 41.5 Å². The number of phenols is 1. The molecule has 0 spiro atoms. The van der Waals surface area contributed by atoms with Crippen LogP contribution in [0, 0.1) is 5.82 Å². The van der Waals surface area contributed by atoms with Crippen molar-refractivity contribution in [2.45, 2.75) is 13.5 Å². The molecule has 0 bridgehead atoms. The molecule has 1 amide bonds. The molecule has 6 nitrogen and oxygen atoms in total. The topological polar surface area (TPSA) is 85.8 Å². The fourth-order valence-corrected chi connectivity index (χ4v) is 2.02. The van der Waals surface area contributed by atoms with Crippen molar-refractivity contribution in [3.05, 3.63) is 59.9 Å². The largest absolute Gasteiger partial charge is 0.508 e. The zero-order chi connectivity index (χ0) is 18.1. The molecule has 8 heteroatoms. The van der Waals surface area contributed by atoms with Gasteiger partial charge in [0.25, 0.3) is 0 Å². The maximum absolute atomic E-state index is 12.9. The summed E-state index contributed by atoms with van der Waals surface area (Å²) >= 11 is 0. The zero-order valence-electron chi connectivity index (χ0n) is 14.3. The van der Waals surface area contributed by atoms with Crippen LogP contribution in [0.25, 0.3) is 0 Å². The molecule has 0 aliphatic carbocycles. The smallest absolute Gasteiger partial charge is 0.243 e. The van der Waals surface area contributed by atoms with Gasteiger partial charge in [-0.3, -0.25) is 4.79 Å². The Bertz CT molecular complexity index is 721. The molecule has 0 saturated heterocycles. The number of rotatable bonds is 6. The first-order valence-corrected chi connectivity index (χ1v) is 7.92. The third-order valence-corrected chi connectivity index (χ3v) is 3.24. The van der Waals surface area contributed by atoms with Crippen molar-refractivity contribution in [1.82, 2.24) is 10.6 Å². The van der Waals surface area contributed by atoms with Gasteiger partial charge in [0.1, 0.15) is 11.6 Å². The van der Waals surface area contributed by atoms with Crippen molar-refractivity contribution in [2.75, 3.05) is 18.4 Å². The van der Waals surface area contributed by atoms with Crippen LogP contribution in [0.15, 0.2) is 53.5 Å². The van der Waals surface area contributed by atoms with E-state index in [9.17, 15) is 14.3 Å². The first-order valence-electron chi connectivity index (χ1n) is 7.92. The van der Waals surface area contributed by atoms with E-state index in [4.69, 9.17) is 0 Å². The summed E-state index contributed by atoms with van der Waals surface area (Å²) in [6, 6.07) is 12.3. The van der Waals surface area contributed by atoms with Gasteiger partial charge in [0.2, 0.25) is 5.91 Å². The minimum Gasteiger partial charge on any atom is -0.508 e. The molecule has 0 fully saturated rings. The summed E-state index contributed by atoms with van der Waals surface area (Å²) in [5, 5.41) is 17.9. The van der Waals surface area contributed by atoms with E-state index in [1.807, 2.05) is 6.92 Å². The number of nitrogens with zero attached hydrogens (tertiary/aromatic N) is 1. The quantitative estimate of drug-likeness (QED) is 0.226. The van der Waals surface area contributed by atoms with Crippen LogP contribution in [0.1, 0.15) is 12.5 Å². The number of aromatic hydroxyl groups is 1. The predicted molar refractivity (Wildman–Crippen MR) is 111 cm³/mol. The van der Waals surface area contributed by atoms with E-state index in [-0.39, 0.29) is 48.0 Å². The molecule has 0 atom stereocenters. The summed E-state index contributed by atoms with van der Waals surface area (Å²) < 4.78 is 12.9. The number of amides is 1. The number of carbonyl (C=O) groups excluding carboxylic acids is 1. The van der Waals surface area contributed by atoms with E-state index >= 15 is 0 Å². The van der Waals surface area contributed by atoms with E-state index in [0.29, 0.717) is 24.7 Å². The Kier molecular flexibility index (Phi) is 9.42. The Labute approximate surface area is 168 Å². The lowest BCUT2D eigenvalue weighted by atomic mass is 10.2. The number of nitrogens with one attached hydrogen (secondary N) is 3. The average Bonchev–Trinajstić information content (AvgIpc) is 2.61. The SMILES string of the molecule is CCNC(=NCc1ccc(F)cc1)NCC(=O)Nc1ccc(O)cc1.I. The molecular formula is C18H22FIN4O2. The van der Waals surface area contributed by atoms with Crippen LogP contribution in [0.2, 0.25) is 0 Å². The fourth-order valence-electron chi connectivity index (χ4n) is 2.02. The number of anilines is 1. The van der Waals surface area contributed by atoms with Gasteiger partial charge in [0.15, 0.2) is 5.96 Å². The second-order valence-corrected chi connectivity index (χ2v) is 5.27. The first-order chi connectivity index (χ1) is 12.1. The van der Waals surface area contributed by atoms with Crippen LogP contribution >= 0.6 is 24.0 Å². The number of hydrogen-bond donors (Lipinski definition) is 4. The Morgan fingerprint density at radius 3 is 2.35 bits per heavy atom. The van der Waals surface area contributed by atoms with Crippen LogP contribution in [0.4, 0.5) is 10.1 Å². The highest BCUT2D eigenvalue weighted by Gasteiger charge is 2.04. The summed E-state index contributed by atoms with van der Waals surface area (Å²) in [7, 11) is 0. The van der Waals surface area contributed by atoms with Gasteiger partial charge in [0.05, 0.1) is 13.1 Å². The third-order valence-electron chi connectivity index (χ3n) is 3.24. The average molecular weight is 472 g/mol. The van der Waals surface area contributed by atoms with Gasteiger partial charge in [-0.1, -0.05) is 12.1 Å². The molecule has 0 aliphatic rings. The summed E-state index contributed by atoms with van der Waals surface area (Å²) in [5.74, 6) is 0.105. The Hall–Kier alpha value is -2.36. The number of hydrogen-bond acceptors (Lipinski definition) is 3. The Morgan fingerprint density at radius 2 is 1.73 bits per heavy atom. The second kappa shape index (κ2) is 11.3. The highest BCUT2D eigenvalue weighted by molar-refractivity contribution is 14.0. The maximum Gasteiger partial charge on any atom is 0.243 e. The third kappa shape index (κ3) is 7.68. The molecule has 0 heterocycles. The van der Waals surface area contributed by atoms with Crippen LogP contribution in [-0.2, 0) is 11.3 Å². The molecule has 4 N–H and O–H groups in total. The lowest BCUT2D eigenvalue weighted by Gasteiger charge is -2.11. The van der Waals surface area contributed by atoms with Crippen molar-refractivity contribution in [3.8, 4) is 5.75 Å². The molecule has 2 aromatic carbocycles. The van der Waals surface area contributed by atoms with E-state index in [0.717, 1.165) is 5.56 Å². The number of guanidine groups is 1. The molecular weight excluding hydrogens is 450 g/mol. The summed E-state index contributed by atoms with van der Waals surface area (Å²) in [5.41, 5.74) is 1.46. The highest BCUT2D eigenvalue weighted by Crippen LogP contribution is 2.13. The second-order valence-electron chi connectivity index (χ2n) is 5.27. The first kappa shape index (κ1) is 21.7. The van der Waals surface area contributed by atoms with Crippen LogP contribution in [0.5, 0.6) is 5.75 Å². The van der Waals surface area contributed by atoms with Crippen LogP contribution < -0.4 is 16.0 Å². The number of carbonyl (C=O) groups is 1. The number of halogens is 2. The highest BCUT2D eigenvalue weighted by atomic mass is 127. The predicted octanol–water partition coefficient (Wildman–Crippen LogP) is 2.84. The Morgan fingerprint density at radius 1 is 1.08 bits per heavy atom. The van der Waals surface area contributed by atoms with E-state index < -0.39 is 0 Å². The molecule has 0 radical (unpaired) electrons. The number of aliphatic imine (C=N–C) groups is 1. The van der Waals surface area contributed by atoms with E-state index in [1.54, 1.807) is 24.3 Å². The van der Waals surface area contributed by atoms with Crippen LogP contribution in [-0.4, -0.2) is 30.1 Å². The van der Waals surface area contributed by atoms with Gasteiger partial charge < -0.3 is 21.1 Å². The number of benzene rings is 2. The van der Waals surface area contributed by atoms with Gasteiger partial charge in [-0.15, -0.1) is 24.0 Å². The standard InChI is InChI=1S/C18H21FN4O2.HI/c1-2-20-18(21-11-13-3-5-14(19)6-4-13)22-12-17(25)23-15-7-9-16(24)10-8-15;/h3-10,24H,2,11-12H2,1H3,(H,23,25)(H2,20,21,22);1H. The minimum atomic E-state index is -0.288. The van der Waals surface area contributed by atoms with Gasteiger partial charge >= 0.3 is 0 Å². The van der Waals surface area contributed by atoms with Crippen LogP contribution in [0.3, 0.4) is 0 Å². The minimum absolute atomic E-state index is 0. The van der Waals surface area contributed by atoms with Crippen molar-refractivity contribution in [3.63, 3.8) is 0 Å². The van der Waals surface area contributed by atoms with Gasteiger partial charge in [-0.2, -0.15) is 0 Å². The fraction of sp³-hybridized carbons (Fsp3) is 0.222. The normalized spacial score (nSPS) is 10.6. The van der Waals surface area contributed by atoms with Crippen molar-refractivity contribution in [1.29, 1.82) is 0 Å². The van der Waals surface area contributed by atoms with Gasteiger partial charge in [0, 0.05) is 12.2 Å². The van der Waals surface area contributed by atoms with E-state index in [1.165, 1.54) is 24.3 Å². The summed E-state index contributed by atoms with van der Waals surface area (Å²) in [6.45, 7) is 2.98. The Balaban J connectivity index is 0.00000338. The molecule has 0 aromatic heterocycles. The van der Waals surface area contributed by atoms with Gasteiger partial charge in [-0.05, 0) is 48.9 Å². The zero-order valence-corrected chi connectivity index (χ0v) is 16.7. The summed E-state index contributed by atoms with van der Waals surface area (Å²) in [4.78, 5) is 16.3. The van der Waals surface area contributed by atoms with E-state index in [2.05, 4.69) is 20.9 Å². The molecule has 0 saturated carbocycles. The molecule has 2 aromatic rings. The lowest BCUT2D eigenvalue weighted by molar-refractivity contribution is -0.115. The van der Waals surface area contributed by atoms with Gasteiger partial charge in [-0.25, -0.2) is 9.38 Å². The molecule has 140 valence electrons. The summed E-state index contributed by atoms with van der Waals surface area (Å²) in [6.07, 6.45) is 0. The monoisotopic (exact) mass is 472 g/mol. The van der Waals surface area contributed by atoms with Crippen molar-refractivity contribution in [2.24, 2.45) is 4.99 Å².